The predicted molar refractivity (Wildman–Crippen MR) is 94.4 cm³/mol. The third-order valence-corrected chi connectivity index (χ3v) is 4.76. The van der Waals surface area contributed by atoms with Gasteiger partial charge in [0.25, 0.3) is 5.91 Å². The average molecular weight is 343 g/mol. The van der Waals surface area contributed by atoms with E-state index in [0.717, 1.165) is 29.7 Å². The van der Waals surface area contributed by atoms with E-state index in [2.05, 4.69) is 0 Å². The first-order chi connectivity index (χ1) is 12.0. The van der Waals surface area contributed by atoms with Gasteiger partial charge in [-0.25, -0.2) is 0 Å². The molecule has 134 valence electrons. The van der Waals surface area contributed by atoms with Crippen molar-refractivity contribution in [3.05, 3.63) is 53.5 Å². The number of ether oxygens (including phenoxy) is 1. The van der Waals surface area contributed by atoms with E-state index in [9.17, 15) is 9.90 Å². The molecule has 5 nitrogen and oxygen atoms in total. The van der Waals surface area contributed by atoms with Gasteiger partial charge in [-0.05, 0) is 56.0 Å². The van der Waals surface area contributed by atoms with Crippen molar-refractivity contribution in [2.45, 2.75) is 45.3 Å². The Morgan fingerprint density at radius 2 is 2.24 bits per heavy atom. The number of carbonyl (C=O) groups excluding carboxylic acids is 1. The lowest BCUT2D eigenvalue weighted by Gasteiger charge is -2.26. The molecule has 1 N–H and O–H groups in total. The minimum Gasteiger partial charge on any atom is -0.483 e. The Morgan fingerprint density at radius 1 is 1.40 bits per heavy atom. The van der Waals surface area contributed by atoms with Crippen LogP contribution in [0.1, 0.15) is 42.3 Å². The second-order valence-corrected chi connectivity index (χ2v) is 6.71. The van der Waals surface area contributed by atoms with Crippen LogP contribution in [0.4, 0.5) is 0 Å². The van der Waals surface area contributed by atoms with Crippen molar-refractivity contribution in [1.29, 1.82) is 0 Å². The molecule has 25 heavy (non-hydrogen) atoms. The summed E-state index contributed by atoms with van der Waals surface area (Å²) in [6.07, 6.45) is 3.20. The van der Waals surface area contributed by atoms with Crippen molar-refractivity contribution in [1.82, 2.24) is 4.90 Å². The van der Waals surface area contributed by atoms with Gasteiger partial charge in [0.1, 0.15) is 17.6 Å². The summed E-state index contributed by atoms with van der Waals surface area (Å²) >= 11 is 0. The van der Waals surface area contributed by atoms with Crippen LogP contribution in [0.25, 0.3) is 0 Å². The Morgan fingerprint density at radius 3 is 3.00 bits per heavy atom. The van der Waals surface area contributed by atoms with Gasteiger partial charge in [0.15, 0.2) is 6.61 Å². The van der Waals surface area contributed by atoms with Gasteiger partial charge in [0.2, 0.25) is 0 Å². The molecule has 1 aromatic carbocycles. The molecule has 0 aliphatic carbocycles. The van der Waals surface area contributed by atoms with Crippen LogP contribution in [-0.4, -0.2) is 35.1 Å². The molecule has 0 radical (unpaired) electrons. The highest BCUT2D eigenvalue weighted by Gasteiger charge is 2.31. The molecular formula is C20H25NO4. The van der Waals surface area contributed by atoms with Crippen molar-refractivity contribution in [2.75, 3.05) is 13.2 Å². The molecule has 2 unspecified atom stereocenters. The van der Waals surface area contributed by atoms with Crippen LogP contribution in [0.3, 0.4) is 0 Å². The van der Waals surface area contributed by atoms with E-state index in [1.54, 1.807) is 18.4 Å². The number of nitrogens with zero attached hydrogens (tertiary/aromatic N) is 1. The molecular weight excluding hydrogens is 318 g/mol. The van der Waals surface area contributed by atoms with Crippen molar-refractivity contribution in [3.8, 4) is 5.75 Å². The minimum atomic E-state index is -0.687. The fraction of sp³-hybridized carbons (Fsp3) is 0.450. The lowest BCUT2D eigenvalue weighted by molar-refractivity contribution is -0.134. The molecule has 1 aliphatic heterocycles. The second-order valence-electron chi connectivity index (χ2n) is 6.71. The molecule has 3 rings (SSSR count). The van der Waals surface area contributed by atoms with Crippen LogP contribution >= 0.6 is 0 Å². The summed E-state index contributed by atoms with van der Waals surface area (Å²) in [5.41, 5.74) is 2.12. The van der Waals surface area contributed by atoms with Gasteiger partial charge in [0.05, 0.1) is 6.26 Å². The van der Waals surface area contributed by atoms with Gasteiger partial charge in [-0.15, -0.1) is 0 Å². The monoisotopic (exact) mass is 343 g/mol. The molecule has 5 heteroatoms. The third kappa shape index (κ3) is 4.23. The highest BCUT2D eigenvalue weighted by molar-refractivity contribution is 5.78. The first-order valence-electron chi connectivity index (χ1n) is 8.75. The molecule has 1 aliphatic rings. The molecule has 0 spiro atoms. The predicted octanol–water partition coefficient (Wildman–Crippen LogP) is 3.39. The zero-order valence-corrected chi connectivity index (χ0v) is 14.8. The van der Waals surface area contributed by atoms with Gasteiger partial charge in [0, 0.05) is 19.0 Å². The van der Waals surface area contributed by atoms with Crippen molar-refractivity contribution in [3.63, 3.8) is 0 Å². The maximum absolute atomic E-state index is 12.6. The number of hydrogen-bond acceptors (Lipinski definition) is 4. The van der Waals surface area contributed by atoms with E-state index in [-0.39, 0.29) is 18.6 Å². The molecule has 1 aromatic heterocycles. The maximum atomic E-state index is 12.6. The number of aryl methyl sites for hydroxylation is 2. The maximum Gasteiger partial charge on any atom is 0.260 e. The molecule has 1 saturated heterocycles. The number of hydrogen-bond donors (Lipinski definition) is 1. The Labute approximate surface area is 148 Å². The van der Waals surface area contributed by atoms with Crippen LogP contribution < -0.4 is 4.74 Å². The number of aliphatic hydroxyl groups excluding tert-OH is 1. The standard InChI is InChI=1S/C20H25NO4/c1-14-7-8-15(2)19(11-14)25-13-20(23)21-9-3-5-16(21)12-17(22)18-6-4-10-24-18/h4,6-8,10-11,16-17,22H,3,5,9,12-13H2,1-2H3. The Hall–Kier alpha value is -2.27. The van der Waals surface area contributed by atoms with E-state index in [0.29, 0.717) is 18.7 Å². The van der Waals surface area contributed by atoms with Crippen LogP contribution in [0.5, 0.6) is 5.75 Å². The van der Waals surface area contributed by atoms with Gasteiger partial charge in [-0.1, -0.05) is 12.1 Å². The fourth-order valence-electron chi connectivity index (χ4n) is 3.35. The summed E-state index contributed by atoms with van der Waals surface area (Å²) in [7, 11) is 0. The van der Waals surface area contributed by atoms with Crippen LogP contribution in [-0.2, 0) is 4.79 Å². The van der Waals surface area contributed by atoms with Gasteiger partial charge in [-0.3, -0.25) is 4.79 Å². The van der Waals surface area contributed by atoms with Crippen LogP contribution in [0.15, 0.2) is 41.0 Å². The van der Waals surface area contributed by atoms with Gasteiger partial charge < -0.3 is 19.2 Å². The Balaban J connectivity index is 1.58. The average Bonchev–Trinajstić information content (AvgIpc) is 3.27. The molecule has 2 atom stereocenters. The SMILES string of the molecule is Cc1ccc(C)c(OCC(=O)N2CCCC2CC(O)c2ccco2)c1. The lowest BCUT2D eigenvalue weighted by Crippen LogP contribution is -2.39. The summed E-state index contributed by atoms with van der Waals surface area (Å²) in [6.45, 7) is 4.71. The minimum absolute atomic E-state index is 0.0230. The summed E-state index contributed by atoms with van der Waals surface area (Å²) < 4.78 is 11.0. The summed E-state index contributed by atoms with van der Waals surface area (Å²) in [5, 5.41) is 10.3. The number of benzene rings is 1. The summed E-state index contributed by atoms with van der Waals surface area (Å²) in [6, 6.07) is 9.51. The van der Waals surface area contributed by atoms with E-state index in [1.807, 2.05) is 36.9 Å². The zero-order valence-electron chi connectivity index (χ0n) is 14.8. The second kappa shape index (κ2) is 7.74. The first kappa shape index (κ1) is 17.5. The molecule has 2 aromatic rings. The number of likely N-dealkylation sites (tertiary alicyclic amines) is 1. The zero-order chi connectivity index (χ0) is 17.8. The van der Waals surface area contributed by atoms with Gasteiger partial charge in [-0.2, -0.15) is 0 Å². The Kier molecular flexibility index (Phi) is 5.43. The number of furan rings is 1. The van der Waals surface area contributed by atoms with E-state index < -0.39 is 6.10 Å². The molecule has 1 fully saturated rings. The largest absolute Gasteiger partial charge is 0.483 e. The van der Waals surface area contributed by atoms with Crippen molar-refractivity contribution in [2.24, 2.45) is 0 Å². The molecule has 1 amide bonds. The van der Waals surface area contributed by atoms with Crippen LogP contribution in [0.2, 0.25) is 0 Å². The quantitative estimate of drug-likeness (QED) is 0.873. The van der Waals surface area contributed by atoms with Crippen LogP contribution in [0, 0.1) is 13.8 Å². The summed E-state index contributed by atoms with van der Waals surface area (Å²) in [4.78, 5) is 14.4. The molecule has 2 heterocycles. The highest BCUT2D eigenvalue weighted by atomic mass is 16.5. The topological polar surface area (TPSA) is 62.9 Å². The fourth-order valence-corrected chi connectivity index (χ4v) is 3.35. The normalized spacial score (nSPS) is 18.4. The molecule has 0 saturated carbocycles. The smallest absolute Gasteiger partial charge is 0.260 e. The number of carbonyl (C=O) groups is 1. The van der Waals surface area contributed by atoms with Gasteiger partial charge >= 0.3 is 0 Å². The van der Waals surface area contributed by atoms with Crippen molar-refractivity contribution >= 4 is 5.91 Å². The van der Waals surface area contributed by atoms with E-state index in [4.69, 9.17) is 9.15 Å². The lowest BCUT2D eigenvalue weighted by atomic mass is 10.1. The highest BCUT2D eigenvalue weighted by Crippen LogP contribution is 2.28. The summed E-state index contributed by atoms with van der Waals surface area (Å²) in [5.74, 6) is 1.26. The third-order valence-electron chi connectivity index (χ3n) is 4.76. The Bertz CT molecular complexity index is 710. The number of amides is 1. The molecule has 0 bridgehead atoms. The number of aliphatic hydroxyl groups is 1. The number of rotatable bonds is 6. The van der Waals surface area contributed by atoms with E-state index in [1.165, 1.54) is 0 Å². The van der Waals surface area contributed by atoms with E-state index >= 15 is 0 Å². The first-order valence-corrected chi connectivity index (χ1v) is 8.75. The van der Waals surface area contributed by atoms with Crippen molar-refractivity contribution < 1.29 is 19.1 Å².